The molecule has 0 saturated heterocycles. The molecule has 0 unspecified atom stereocenters. The first-order chi connectivity index (χ1) is 6.97. The third kappa shape index (κ3) is 5.64. The van der Waals surface area contributed by atoms with E-state index in [1.54, 1.807) is 12.1 Å². The average molecular weight is 234 g/mol. The maximum absolute atomic E-state index is 12.7. The van der Waals surface area contributed by atoms with Crippen molar-refractivity contribution < 1.29 is 23.3 Å². The van der Waals surface area contributed by atoms with Crippen molar-refractivity contribution in [1.82, 2.24) is 0 Å². The first-order valence-corrected chi connectivity index (χ1v) is 5.95. The summed E-state index contributed by atoms with van der Waals surface area (Å²) in [7, 11) is -4.37. The van der Waals surface area contributed by atoms with Gasteiger partial charge in [-0.3, -0.25) is 4.52 Å². The van der Waals surface area contributed by atoms with Crippen LogP contribution in [0, 0.1) is 5.82 Å². The van der Waals surface area contributed by atoms with Crippen molar-refractivity contribution in [3.8, 4) is 0 Å². The molecule has 0 aliphatic heterocycles. The highest BCUT2D eigenvalue weighted by molar-refractivity contribution is 7.46. The zero-order chi connectivity index (χ0) is 11.3. The average Bonchev–Trinajstić information content (AvgIpc) is 2.11. The van der Waals surface area contributed by atoms with Gasteiger partial charge in [0.05, 0.1) is 6.61 Å². The molecule has 6 heteroatoms. The number of aryl methyl sites for hydroxylation is 1. The second kappa shape index (κ2) is 5.37. The van der Waals surface area contributed by atoms with Crippen LogP contribution in [0.4, 0.5) is 4.39 Å². The van der Waals surface area contributed by atoms with Gasteiger partial charge in [0.2, 0.25) is 0 Å². The molecule has 84 valence electrons. The summed E-state index contributed by atoms with van der Waals surface area (Å²) in [6.45, 7) is -0.0409. The monoisotopic (exact) mass is 234 g/mol. The summed E-state index contributed by atoms with van der Waals surface area (Å²) in [6, 6.07) is 6.07. The molecule has 1 rings (SSSR count). The molecule has 0 amide bonds. The van der Waals surface area contributed by atoms with E-state index in [9.17, 15) is 8.96 Å². The minimum Gasteiger partial charge on any atom is -0.303 e. The van der Waals surface area contributed by atoms with Crippen molar-refractivity contribution in [2.75, 3.05) is 6.61 Å². The van der Waals surface area contributed by atoms with Gasteiger partial charge in [-0.1, -0.05) is 12.1 Å². The smallest absolute Gasteiger partial charge is 0.303 e. The summed E-state index contributed by atoms with van der Waals surface area (Å²) in [6.07, 6.45) is 0.965. The standard InChI is InChI=1S/C9H12FO4P/c10-9-5-1-3-8(7-9)4-2-6-14-15(11,12)13/h1,3,5,7H,2,4,6H2,(H2,11,12,13). The van der Waals surface area contributed by atoms with Gasteiger partial charge in [0.15, 0.2) is 0 Å². The van der Waals surface area contributed by atoms with Gasteiger partial charge >= 0.3 is 7.82 Å². The minimum absolute atomic E-state index is 0.0409. The number of benzene rings is 1. The fourth-order valence-corrected chi connectivity index (χ4v) is 1.52. The quantitative estimate of drug-likeness (QED) is 0.602. The highest BCUT2D eigenvalue weighted by atomic mass is 31.2. The fourth-order valence-electron chi connectivity index (χ4n) is 1.15. The maximum atomic E-state index is 12.7. The van der Waals surface area contributed by atoms with E-state index >= 15 is 0 Å². The van der Waals surface area contributed by atoms with Crippen molar-refractivity contribution in [1.29, 1.82) is 0 Å². The number of hydrogen-bond acceptors (Lipinski definition) is 2. The summed E-state index contributed by atoms with van der Waals surface area (Å²) in [5.41, 5.74) is 0.782. The molecule has 0 atom stereocenters. The molecule has 0 saturated carbocycles. The van der Waals surface area contributed by atoms with E-state index in [4.69, 9.17) is 9.79 Å². The number of halogens is 1. The van der Waals surface area contributed by atoms with E-state index in [2.05, 4.69) is 4.52 Å². The molecular weight excluding hydrogens is 222 g/mol. The molecule has 0 heterocycles. The molecular formula is C9H12FO4P. The Kier molecular flexibility index (Phi) is 4.42. The number of hydrogen-bond donors (Lipinski definition) is 2. The molecule has 0 spiro atoms. The van der Waals surface area contributed by atoms with E-state index in [1.807, 2.05) is 0 Å². The molecule has 0 aromatic heterocycles. The summed E-state index contributed by atoms with van der Waals surface area (Å²) in [5, 5.41) is 0. The van der Waals surface area contributed by atoms with E-state index in [1.165, 1.54) is 12.1 Å². The van der Waals surface area contributed by atoms with Gasteiger partial charge < -0.3 is 9.79 Å². The summed E-state index contributed by atoms with van der Waals surface area (Å²) in [5.74, 6) is -0.316. The van der Waals surface area contributed by atoms with Gasteiger partial charge in [-0.25, -0.2) is 8.96 Å². The lowest BCUT2D eigenvalue weighted by atomic mass is 10.1. The maximum Gasteiger partial charge on any atom is 0.469 e. The largest absolute Gasteiger partial charge is 0.469 e. The first kappa shape index (κ1) is 12.3. The Bertz CT molecular complexity index is 363. The van der Waals surface area contributed by atoms with E-state index in [0.29, 0.717) is 12.8 Å². The minimum atomic E-state index is -4.37. The Balaban J connectivity index is 2.29. The molecule has 1 aromatic carbocycles. The number of phosphoric ester groups is 1. The van der Waals surface area contributed by atoms with Crippen LogP contribution in [-0.4, -0.2) is 16.4 Å². The molecule has 0 bridgehead atoms. The Morgan fingerprint density at radius 1 is 1.40 bits per heavy atom. The first-order valence-electron chi connectivity index (χ1n) is 4.42. The lowest BCUT2D eigenvalue weighted by molar-refractivity contribution is 0.195. The molecule has 0 fully saturated rings. The van der Waals surface area contributed by atoms with Gasteiger partial charge in [-0.05, 0) is 30.5 Å². The van der Waals surface area contributed by atoms with Gasteiger partial charge in [0.1, 0.15) is 5.82 Å². The predicted octanol–water partition coefficient (Wildman–Crippen LogP) is 1.87. The molecule has 2 N–H and O–H groups in total. The van der Waals surface area contributed by atoms with Crippen molar-refractivity contribution in [2.24, 2.45) is 0 Å². The van der Waals surface area contributed by atoms with Gasteiger partial charge in [-0.15, -0.1) is 0 Å². The Hall–Kier alpha value is -0.740. The van der Waals surface area contributed by atoms with E-state index in [0.717, 1.165) is 5.56 Å². The molecule has 0 radical (unpaired) electrons. The van der Waals surface area contributed by atoms with Crippen LogP contribution in [-0.2, 0) is 15.5 Å². The topological polar surface area (TPSA) is 66.8 Å². The highest BCUT2D eigenvalue weighted by Gasteiger charge is 2.12. The Labute approximate surface area is 86.9 Å². The Morgan fingerprint density at radius 3 is 2.73 bits per heavy atom. The summed E-state index contributed by atoms with van der Waals surface area (Å²) >= 11 is 0. The summed E-state index contributed by atoms with van der Waals surface area (Å²) in [4.78, 5) is 16.8. The number of phosphoric acid groups is 1. The van der Waals surface area contributed by atoms with Crippen molar-refractivity contribution in [2.45, 2.75) is 12.8 Å². The molecule has 0 aliphatic carbocycles. The van der Waals surface area contributed by atoms with Gasteiger partial charge in [0.25, 0.3) is 0 Å². The van der Waals surface area contributed by atoms with Crippen LogP contribution in [0.15, 0.2) is 24.3 Å². The van der Waals surface area contributed by atoms with Crippen LogP contribution in [0.25, 0.3) is 0 Å². The zero-order valence-electron chi connectivity index (χ0n) is 7.97. The third-order valence-electron chi connectivity index (χ3n) is 1.76. The lowest BCUT2D eigenvalue weighted by Gasteiger charge is -2.04. The second-order valence-electron chi connectivity index (χ2n) is 3.06. The van der Waals surface area contributed by atoms with Crippen LogP contribution in [0.5, 0.6) is 0 Å². The van der Waals surface area contributed by atoms with Crippen molar-refractivity contribution >= 4 is 7.82 Å². The van der Waals surface area contributed by atoms with Crippen LogP contribution >= 0.6 is 7.82 Å². The van der Waals surface area contributed by atoms with Crippen LogP contribution in [0.1, 0.15) is 12.0 Å². The lowest BCUT2D eigenvalue weighted by Crippen LogP contribution is -1.95. The molecule has 4 nitrogen and oxygen atoms in total. The van der Waals surface area contributed by atoms with Gasteiger partial charge in [-0.2, -0.15) is 0 Å². The van der Waals surface area contributed by atoms with Crippen LogP contribution in [0.3, 0.4) is 0 Å². The van der Waals surface area contributed by atoms with Crippen LogP contribution < -0.4 is 0 Å². The van der Waals surface area contributed by atoms with Gasteiger partial charge in [0, 0.05) is 0 Å². The molecule has 1 aromatic rings. The van der Waals surface area contributed by atoms with E-state index < -0.39 is 7.82 Å². The van der Waals surface area contributed by atoms with Crippen molar-refractivity contribution in [3.63, 3.8) is 0 Å². The third-order valence-corrected chi connectivity index (χ3v) is 2.28. The summed E-state index contributed by atoms with van der Waals surface area (Å²) < 4.78 is 27.3. The normalized spacial score (nSPS) is 11.7. The SMILES string of the molecule is O=P(O)(O)OCCCc1cccc(F)c1. The predicted molar refractivity (Wildman–Crippen MR) is 52.7 cm³/mol. The molecule has 0 aliphatic rings. The Morgan fingerprint density at radius 2 is 2.13 bits per heavy atom. The van der Waals surface area contributed by atoms with E-state index in [-0.39, 0.29) is 12.4 Å². The van der Waals surface area contributed by atoms with Crippen molar-refractivity contribution in [3.05, 3.63) is 35.6 Å². The fraction of sp³-hybridized carbons (Fsp3) is 0.333. The second-order valence-corrected chi connectivity index (χ2v) is 4.30. The molecule has 15 heavy (non-hydrogen) atoms. The number of rotatable bonds is 5. The van der Waals surface area contributed by atoms with Crippen LogP contribution in [0.2, 0.25) is 0 Å². The highest BCUT2D eigenvalue weighted by Crippen LogP contribution is 2.35. The zero-order valence-corrected chi connectivity index (χ0v) is 8.86.